The van der Waals surface area contributed by atoms with E-state index < -0.39 is 0 Å². The molecular formula is C16H31N3O2. The lowest BCUT2D eigenvalue weighted by atomic mass is 9.75. The van der Waals surface area contributed by atoms with E-state index in [0.29, 0.717) is 6.54 Å². The first kappa shape index (κ1) is 18.0. The Hall–Kier alpha value is -1.10. The fourth-order valence-corrected chi connectivity index (χ4v) is 3.15. The third kappa shape index (κ3) is 4.99. The van der Waals surface area contributed by atoms with Gasteiger partial charge in [-0.25, -0.2) is 0 Å². The second-order valence-electron chi connectivity index (χ2n) is 6.35. The van der Waals surface area contributed by atoms with Crippen molar-refractivity contribution < 1.29 is 9.59 Å². The Morgan fingerprint density at radius 3 is 2.52 bits per heavy atom. The molecule has 122 valence electrons. The molecule has 0 radical (unpaired) electrons. The zero-order valence-electron chi connectivity index (χ0n) is 14.0. The van der Waals surface area contributed by atoms with Gasteiger partial charge in [0.1, 0.15) is 0 Å². The van der Waals surface area contributed by atoms with Crippen LogP contribution in [0.4, 0.5) is 0 Å². The van der Waals surface area contributed by atoms with Gasteiger partial charge in [-0.1, -0.05) is 13.3 Å². The molecule has 1 saturated heterocycles. The predicted molar refractivity (Wildman–Crippen MR) is 85.0 cm³/mol. The summed E-state index contributed by atoms with van der Waals surface area (Å²) in [6, 6.07) is 0.104. The third-order valence-electron chi connectivity index (χ3n) is 4.11. The fraction of sp³-hybridized carbons (Fsp3) is 0.875. The Morgan fingerprint density at radius 2 is 2.05 bits per heavy atom. The highest BCUT2D eigenvalue weighted by Gasteiger charge is 2.41. The first-order valence-corrected chi connectivity index (χ1v) is 8.24. The van der Waals surface area contributed by atoms with E-state index in [0.717, 1.165) is 38.8 Å². The molecule has 1 fully saturated rings. The molecular weight excluding hydrogens is 266 g/mol. The Kier molecular flexibility index (Phi) is 7.15. The maximum atomic E-state index is 13.0. The average molecular weight is 297 g/mol. The molecule has 2 amide bonds. The van der Waals surface area contributed by atoms with Crippen LogP contribution in [0.3, 0.4) is 0 Å². The number of nitrogens with one attached hydrogen (secondary N) is 2. The van der Waals surface area contributed by atoms with Crippen LogP contribution in [0.15, 0.2) is 0 Å². The zero-order valence-corrected chi connectivity index (χ0v) is 14.0. The van der Waals surface area contributed by atoms with Crippen LogP contribution in [0.2, 0.25) is 0 Å². The van der Waals surface area contributed by atoms with Crippen molar-refractivity contribution in [2.45, 2.75) is 59.4 Å². The lowest BCUT2D eigenvalue weighted by Gasteiger charge is -2.39. The summed E-state index contributed by atoms with van der Waals surface area (Å²) in [5.41, 5.74) is -0.318. The summed E-state index contributed by atoms with van der Waals surface area (Å²) >= 11 is 0. The number of carbonyl (C=O) groups is 2. The standard InChI is InChI=1S/C16H31N3O2/c1-5-8-16(9-7-10-17-12-16)15(21)19(6-2)11-14(20)18-13(3)4/h13,17H,5-12H2,1-4H3,(H,18,20). The van der Waals surface area contributed by atoms with E-state index in [9.17, 15) is 9.59 Å². The molecule has 2 N–H and O–H groups in total. The van der Waals surface area contributed by atoms with Crippen molar-refractivity contribution in [2.24, 2.45) is 5.41 Å². The van der Waals surface area contributed by atoms with Gasteiger partial charge in [0.25, 0.3) is 0 Å². The number of likely N-dealkylation sites (N-methyl/N-ethyl adjacent to an activating group) is 1. The highest BCUT2D eigenvalue weighted by Crippen LogP contribution is 2.33. The van der Waals surface area contributed by atoms with Crippen LogP contribution in [0, 0.1) is 5.41 Å². The molecule has 1 aliphatic heterocycles. The van der Waals surface area contributed by atoms with Crippen molar-refractivity contribution in [1.29, 1.82) is 0 Å². The maximum Gasteiger partial charge on any atom is 0.239 e. The van der Waals surface area contributed by atoms with Crippen molar-refractivity contribution >= 4 is 11.8 Å². The van der Waals surface area contributed by atoms with Crippen LogP contribution in [-0.4, -0.2) is 48.9 Å². The van der Waals surface area contributed by atoms with Crippen molar-refractivity contribution in [3.63, 3.8) is 0 Å². The first-order valence-electron chi connectivity index (χ1n) is 8.24. The summed E-state index contributed by atoms with van der Waals surface area (Å²) in [7, 11) is 0. The molecule has 0 saturated carbocycles. The van der Waals surface area contributed by atoms with Gasteiger partial charge in [0.15, 0.2) is 0 Å². The Labute approximate surface area is 128 Å². The molecule has 1 rings (SSSR count). The molecule has 0 aliphatic carbocycles. The van der Waals surface area contributed by atoms with Crippen molar-refractivity contribution in [3.8, 4) is 0 Å². The molecule has 0 aromatic heterocycles. The highest BCUT2D eigenvalue weighted by atomic mass is 16.2. The largest absolute Gasteiger partial charge is 0.352 e. The van der Waals surface area contributed by atoms with E-state index in [1.54, 1.807) is 4.90 Å². The monoisotopic (exact) mass is 297 g/mol. The zero-order chi connectivity index (χ0) is 15.9. The van der Waals surface area contributed by atoms with Crippen molar-refractivity contribution in [1.82, 2.24) is 15.5 Å². The molecule has 5 nitrogen and oxygen atoms in total. The number of piperidine rings is 1. The van der Waals surface area contributed by atoms with E-state index in [1.165, 1.54) is 0 Å². The van der Waals surface area contributed by atoms with Gasteiger partial charge >= 0.3 is 0 Å². The number of carbonyl (C=O) groups excluding carboxylic acids is 2. The summed E-state index contributed by atoms with van der Waals surface area (Å²) in [6.45, 7) is 10.4. The highest BCUT2D eigenvalue weighted by molar-refractivity contribution is 5.88. The van der Waals surface area contributed by atoms with E-state index in [1.807, 2.05) is 20.8 Å². The molecule has 1 unspecified atom stereocenters. The first-order chi connectivity index (χ1) is 9.95. The second kappa shape index (κ2) is 8.37. The van der Waals surface area contributed by atoms with Crippen LogP contribution in [0.5, 0.6) is 0 Å². The Balaban J connectivity index is 2.76. The summed E-state index contributed by atoms with van der Waals surface area (Å²) in [4.78, 5) is 26.6. The van der Waals surface area contributed by atoms with Crippen LogP contribution in [-0.2, 0) is 9.59 Å². The number of nitrogens with zero attached hydrogens (tertiary/aromatic N) is 1. The summed E-state index contributed by atoms with van der Waals surface area (Å²) < 4.78 is 0. The molecule has 21 heavy (non-hydrogen) atoms. The minimum absolute atomic E-state index is 0.0735. The smallest absolute Gasteiger partial charge is 0.239 e. The van der Waals surface area contributed by atoms with Gasteiger partial charge in [-0.3, -0.25) is 9.59 Å². The average Bonchev–Trinajstić information content (AvgIpc) is 2.44. The van der Waals surface area contributed by atoms with Gasteiger partial charge in [0, 0.05) is 19.1 Å². The van der Waals surface area contributed by atoms with Gasteiger partial charge in [0.2, 0.25) is 11.8 Å². The summed E-state index contributed by atoms with van der Waals surface area (Å²) in [5, 5.41) is 6.22. The van der Waals surface area contributed by atoms with Gasteiger partial charge in [-0.2, -0.15) is 0 Å². The molecule has 0 spiro atoms. The molecule has 0 aromatic carbocycles. The Bertz CT molecular complexity index is 344. The Morgan fingerprint density at radius 1 is 1.33 bits per heavy atom. The number of amides is 2. The number of hydrogen-bond acceptors (Lipinski definition) is 3. The minimum atomic E-state index is -0.318. The summed E-state index contributed by atoms with van der Waals surface area (Å²) in [6.07, 6.45) is 3.83. The van der Waals surface area contributed by atoms with Gasteiger partial charge < -0.3 is 15.5 Å². The third-order valence-corrected chi connectivity index (χ3v) is 4.11. The van der Waals surface area contributed by atoms with Crippen LogP contribution < -0.4 is 10.6 Å². The summed E-state index contributed by atoms with van der Waals surface area (Å²) in [5.74, 6) is 0.0635. The molecule has 1 aliphatic rings. The predicted octanol–water partition coefficient (Wildman–Crippen LogP) is 1.53. The van der Waals surface area contributed by atoms with Crippen molar-refractivity contribution in [3.05, 3.63) is 0 Å². The van der Waals surface area contributed by atoms with Crippen LogP contribution in [0.25, 0.3) is 0 Å². The molecule has 0 aromatic rings. The van der Waals surface area contributed by atoms with Gasteiger partial charge in [0.05, 0.1) is 12.0 Å². The van der Waals surface area contributed by atoms with Crippen LogP contribution >= 0.6 is 0 Å². The molecule has 5 heteroatoms. The maximum absolute atomic E-state index is 13.0. The van der Waals surface area contributed by atoms with Crippen molar-refractivity contribution in [2.75, 3.05) is 26.2 Å². The normalized spacial score (nSPS) is 22.1. The topological polar surface area (TPSA) is 61.4 Å². The quantitative estimate of drug-likeness (QED) is 0.749. The fourth-order valence-electron chi connectivity index (χ4n) is 3.15. The second-order valence-corrected chi connectivity index (χ2v) is 6.35. The van der Waals surface area contributed by atoms with Gasteiger partial charge in [-0.05, 0) is 46.6 Å². The van der Waals surface area contributed by atoms with E-state index >= 15 is 0 Å². The number of rotatable bonds is 7. The molecule has 1 atom stereocenters. The molecule has 1 heterocycles. The SMILES string of the molecule is CCCC1(C(=O)N(CC)CC(=O)NC(C)C)CCCNC1. The minimum Gasteiger partial charge on any atom is -0.352 e. The van der Waals surface area contributed by atoms with E-state index in [-0.39, 0.29) is 29.8 Å². The molecule has 0 bridgehead atoms. The number of hydrogen-bond donors (Lipinski definition) is 2. The lowest BCUT2D eigenvalue weighted by molar-refractivity contribution is -0.146. The lowest BCUT2D eigenvalue weighted by Crippen LogP contribution is -2.54. The van der Waals surface area contributed by atoms with Gasteiger partial charge in [-0.15, -0.1) is 0 Å². The van der Waals surface area contributed by atoms with E-state index in [4.69, 9.17) is 0 Å². The van der Waals surface area contributed by atoms with Crippen LogP contribution in [0.1, 0.15) is 53.4 Å². The van der Waals surface area contributed by atoms with E-state index in [2.05, 4.69) is 17.6 Å².